The van der Waals surface area contributed by atoms with Gasteiger partial charge < -0.3 is 9.47 Å². The van der Waals surface area contributed by atoms with Crippen LogP contribution in [0, 0.1) is 0 Å². The van der Waals surface area contributed by atoms with E-state index >= 15 is 0 Å². The van der Waals surface area contributed by atoms with Gasteiger partial charge in [0.25, 0.3) is 0 Å². The van der Waals surface area contributed by atoms with Crippen LogP contribution in [0.15, 0.2) is 0 Å². The Labute approximate surface area is 95.9 Å². The van der Waals surface area contributed by atoms with Crippen molar-refractivity contribution >= 4 is 34.8 Å². The van der Waals surface area contributed by atoms with Crippen molar-refractivity contribution in [2.24, 2.45) is 0 Å². The minimum Gasteiger partial charge on any atom is -0.449 e. The third-order valence-electron chi connectivity index (χ3n) is 1.88. The van der Waals surface area contributed by atoms with E-state index in [4.69, 9.17) is 9.47 Å². The number of hydrogen-bond acceptors (Lipinski definition) is 4. The van der Waals surface area contributed by atoms with E-state index in [-0.39, 0.29) is 12.6 Å². The van der Waals surface area contributed by atoms with Gasteiger partial charge in [-0.05, 0) is 6.92 Å². The predicted molar refractivity (Wildman–Crippen MR) is 57.5 cm³/mol. The van der Waals surface area contributed by atoms with Crippen molar-refractivity contribution in [1.82, 2.24) is 4.90 Å². The lowest BCUT2D eigenvalue weighted by Crippen LogP contribution is -2.50. The number of carbonyl (C=O) groups excluding carboxylic acids is 2. The molecule has 0 radical (unpaired) electrons. The summed E-state index contributed by atoms with van der Waals surface area (Å²) in [6, 6.07) is -0.101. The highest BCUT2D eigenvalue weighted by Gasteiger charge is 2.35. The lowest BCUT2D eigenvalue weighted by molar-refractivity contribution is 0.0401. The molecule has 5 nitrogen and oxygen atoms in total. The monoisotopic (exact) mass is 313 g/mol. The number of nitrogens with zero attached hydrogens (tertiary/aromatic N) is 1. The van der Waals surface area contributed by atoms with Crippen molar-refractivity contribution in [1.29, 1.82) is 0 Å². The normalized spacial score (nSPS) is 21.7. The van der Waals surface area contributed by atoms with E-state index < -0.39 is 12.2 Å². The number of alkyl halides is 1. The molecule has 0 aromatic carbocycles. The summed E-state index contributed by atoms with van der Waals surface area (Å²) < 4.78 is 10.2. The van der Waals surface area contributed by atoms with Gasteiger partial charge in [-0.2, -0.15) is 0 Å². The third kappa shape index (κ3) is 2.49. The second kappa shape index (κ2) is 5.38. The highest BCUT2D eigenvalue weighted by atomic mass is 127. The number of cyclic esters (lactones) is 1. The summed E-state index contributed by atoms with van der Waals surface area (Å²) in [5.74, 6) is 0. The number of amides is 2. The zero-order chi connectivity index (χ0) is 10.6. The van der Waals surface area contributed by atoms with Crippen molar-refractivity contribution in [3.63, 3.8) is 0 Å². The van der Waals surface area contributed by atoms with Crippen LogP contribution in [0.2, 0.25) is 0 Å². The van der Waals surface area contributed by atoms with Gasteiger partial charge in [0.05, 0.1) is 19.3 Å². The molecule has 0 aliphatic carbocycles. The number of imide groups is 1. The Hall–Kier alpha value is -0.530. The number of halogens is 1. The van der Waals surface area contributed by atoms with Crippen molar-refractivity contribution in [3.05, 3.63) is 0 Å². The molecule has 1 aliphatic heterocycles. The summed E-state index contributed by atoms with van der Waals surface area (Å²) in [5, 5.41) is 0. The van der Waals surface area contributed by atoms with Crippen LogP contribution < -0.4 is 0 Å². The van der Waals surface area contributed by atoms with Crippen LogP contribution in [0.3, 0.4) is 0 Å². The topological polar surface area (TPSA) is 55.8 Å². The number of carbonyl (C=O) groups is 2. The van der Waals surface area contributed by atoms with Crippen molar-refractivity contribution < 1.29 is 19.1 Å². The zero-order valence-corrected chi connectivity index (χ0v) is 10.0. The van der Waals surface area contributed by atoms with E-state index in [0.717, 1.165) is 4.90 Å². The van der Waals surface area contributed by atoms with Crippen molar-refractivity contribution in [2.75, 3.05) is 17.6 Å². The minimum absolute atomic E-state index is 0.101. The predicted octanol–water partition coefficient (Wildman–Crippen LogP) is 1.79. The first kappa shape index (κ1) is 11.5. The molecule has 1 fully saturated rings. The van der Waals surface area contributed by atoms with Crippen LogP contribution in [-0.2, 0) is 9.47 Å². The summed E-state index contributed by atoms with van der Waals surface area (Å²) in [4.78, 5) is 23.7. The van der Waals surface area contributed by atoms with E-state index in [9.17, 15) is 9.59 Å². The van der Waals surface area contributed by atoms with Gasteiger partial charge in [-0.15, -0.1) is 0 Å². The van der Waals surface area contributed by atoms with Crippen LogP contribution >= 0.6 is 22.6 Å². The van der Waals surface area contributed by atoms with E-state index in [2.05, 4.69) is 22.6 Å². The molecule has 0 bridgehead atoms. The maximum Gasteiger partial charge on any atom is 0.419 e. The highest BCUT2D eigenvalue weighted by molar-refractivity contribution is 14.1. The van der Waals surface area contributed by atoms with Gasteiger partial charge in [-0.1, -0.05) is 22.6 Å². The van der Waals surface area contributed by atoms with Crippen LogP contribution in [0.4, 0.5) is 9.59 Å². The molecule has 14 heavy (non-hydrogen) atoms. The van der Waals surface area contributed by atoms with Gasteiger partial charge in [-0.3, -0.25) is 0 Å². The molecule has 2 amide bonds. The Bertz CT molecular complexity index is 233. The lowest BCUT2D eigenvalue weighted by atomic mass is 10.2. The fourth-order valence-electron chi connectivity index (χ4n) is 1.19. The molecular weight excluding hydrogens is 301 g/mol. The van der Waals surface area contributed by atoms with E-state index in [0.29, 0.717) is 17.5 Å². The molecular formula is C8H12INO4. The molecule has 0 N–H and O–H groups in total. The molecule has 0 aromatic rings. The molecule has 1 rings (SSSR count). The van der Waals surface area contributed by atoms with Gasteiger partial charge in [0.1, 0.15) is 0 Å². The zero-order valence-electron chi connectivity index (χ0n) is 7.86. The maximum atomic E-state index is 11.4. The van der Waals surface area contributed by atoms with Crippen LogP contribution in [-0.4, -0.2) is 40.8 Å². The molecule has 1 atom stereocenters. The summed E-state index contributed by atoms with van der Waals surface area (Å²) in [6.45, 7) is 2.34. The first-order chi connectivity index (χ1) is 6.70. The molecule has 1 heterocycles. The van der Waals surface area contributed by atoms with E-state index in [1.54, 1.807) is 6.92 Å². The Balaban J connectivity index is 2.68. The second-order valence-corrected chi connectivity index (χ2v) is 3.66. The number of hydrogen-bond donors (Lipinski definition) is 0. The smallest absolute Gasteiger partial charge is 0.419 e. The van der Waals surface area contributed by atoms with E-state index in [1.807, 2.05) is 0 Å². The number of rotatable bonds is 2. The molecule has 1 aliphatic rings. The molecule has 0 aromatic heterocycles. The molecule has 0 spiro atoms. The van der Waals surface area contributed by atoms with Gasteiger partial charge in [0.15, 0.2) is 0 Å². The molecule has 6 heteroatoms. The fourth-order valence-corrected chi connectivity index (χ4v) is 2.03. The van der Waals surface area contributed by atoms with Crippen LogP contribution in [0.25, 0.3) is 0 Å². The Morgan fingerprint density at radius 2 is 2.50 bits per heavy atom. The maximum absolute atomic E-state index is 11.4. The molecule has 0 saturated carbocycles. The second-order valence-electron chi connectivity index (χ2n) is 2.78. The minimum atomic E-state index is -0.612. The SMILES string of the molecule is CCOC(=O)N1C(=O)OCCC1CI. The van der Waals surface area contributed by atoms with E-state index in [1.165, 1.54) is 0 Å². The standard InChI is InChI=1S/C8H12INO4/c1-2-13-7(11)10-6(5-9)3-4-14-8(10)12/h6H,2-5H2,1H3. The lowest BCUT2D eigenvalue weighted by Gasteiger charge is -2.31. The van der Waals surface area contributed by atoms with Crippen molar-refractivity contribution in [2.45, 2.75) is 19.4 Å². The highest BCUT2D eigenvalue weighted by Crippen LogP contribution is 2.16. The summed E-state index contributed by atoms with van der Waals surface area (Å²) >= 11 is 2.14. The first-order valence-corrected chi connectivity index (χ1v) is 5.92. The van der Waals surface area contributed by atoms with Crippen LogP contribution in [0.5, 0.6) is 0 Å². The summed E-state index contributed by atoms with van der Waals surface area (Å²) in [5.41, 5.74) is 0. The van der Waals surface area contributed by atoms with Gasteiger partial charge >= 0.3 is 12.2 Å². The molecule has 1 saturated heterocycles. The largest absolute Gasteiger partial charge is 0.449 e. The molecule has 80 valence electrons. The summed E-state index contributed by atoms with van der Waals surface area (Å²) in [6.07, 6.45) is -0.539. The van der Waals surface area contributed by atoms with Gasteiger partial charge in [0, 0.05) is 10.8 Å². The Morgan fingerprint density at radius 1 is 1.79 bits per heavy atom. The average Bonchev–Trinajstić information content (AvgIpc) is 2.17. The average molecular weight is 313 g/mol. The van der Waals surface area contributed by atoms with Gasteiger partial charge in [0.2, 0.25) is 0 Å². The molecule has 1 unspecified atom stereocenters. The Morgan fingerprint density at radius 3 is 3.07 bits per heavy atom. The van der Waals surface area contributed by atoms with Crippen LogP contribution in [0.1, 0.15) is 13.3 Å². The first-order valence-electron chi connectivity index (χ1n) is 4.39. The fraction of sp³-hybridized carbons (Fsp3) is 0.750. The number of ether oxygens (including phenoxy) is 2. The van der Waals surface area contributed by atoms with Crippen molar-refractivity contribution in [3.8, 4) is 0 Å². The quantitative estimate of drug-likeness (QED) is 0.576. The summed E-state index contributed by atoms with van der Waals surface area (Å²) in [7, 11) is 0. The van der Waals surface area contributed by atoms with Gasteiger partial charge in [-0.25, -0.2) is 14.5 Å². The Kier molecular flexibility index (Phi) is 4.43. The third-order valence-corrected chi connectivity index (χ3v) is 2.90.